The van der Waals surface area contributed by atoms with E-state index in [9.17, 15) is 0 Å². The Kier molecular flexibility index (Phi) is 2.07. The Labute approximate surface area is 84.1 Å². The van der Waals surface area contributed by atoms with Crippen molar-refractivity contribution in [3.63, 3.8) is 0 Å². The predicted octanol–water partition coefficient (Wildman–Crippen LogP) is 1.39. The molecule has 2 aliphatic rings. The van der Waals surface area contributed by atoms with Gasteiger partial charge in [0, 0.05) is 19.1 Å². The molecule has 2 saturated heterocycles. The van der Waals surface area contributed by atoms with Gasteiger partial charge in [0.25, 0.3) is 0 Å². The van der Waals surface area contributed by atoms with Crippen LogP contribution >= 0.6 is 0 Å². The van der Waals surface area contributed by atoms with Gasteiger partial charge in [-0.2, -0.15) is 0 Å². The largest absolute Gasteiger partial charge is 0.468 e. The van der Waals surface area contributed by atoms with Gasteiger partial charge in [-0.15, -0.1) is 0 Å². The number of furan rings is 1. The number of hydrogen-bond acceptors (Lipinski definition) is 3. The van der Waals surface area contributed by atoms with Crippen molar-refractivity contribution in [2.45, 2.75) is 24.9 Å². The van der Waals surface area contributed by atoms with E-state index in [1.165, 1.54) is 19.4 Å². The van der Waals surface area contributed by atoms with E-state index in [0.717, 1.165) is 24.9 Å². The SMILES string of the molecule is c1coc(C2CNC[C@H]3CCCN23)c1. The number of rotatable bonds is 1. The Morgan fingerprint density at radius 2 is 2.43 bits per heavy atom. The van der Waals surface area contributed by atoms with Crippen LogP contribution in [0, 0.1) is 0 Å². The van der Waals surface area contributed by atoms with Gasteiger partial charge in [0.05, 0.1) is 12.3 Å². The van der Waals surface area contributed by atoms with E-state index in [-0.39, 0.29) is 0 Å². The molecular weight excluding hydrogens is 176 g/mol. The third-order valence-corrected chi connectivity index (χ3v) is 3.41. The van der Waals surface area contributed by atoms with Crippen molar-refractivity contribution in [2.75, 3.05) is 19.6 Å². The minimum Gasteiger partial charge on any atom is -0.468 e. The van der Waals surface area contributed by atoms with Crippen molar-refractivity contribution in [2.24, 2.45) is 0 Å². The highest BCUT2D eigenvalue weighted by atomic mass is 16.3. The first-order valence-electron chi connectivity index (χ1n) is 5.45. The van der Waals surface area contributed by atoms with E-state index >= 15 is 0 Å². The van der Waals surface area contributed by atoms with Crippen LogP contribution in [0.25, 0.3) is 0 Å². The number of nitrogens with zero attached hydrogens (tertiary/aromatic N) is 1. The lowest BCUT2D eigenvalue weighted by Gasteiger charge is -2.36. The molecule has 3 rings (SSSR count). The first kappa shape index (κ1) is 8.50. The van der Waals surface area contributed by atoms with Crippen LogP contribution in [-0.4, -0.2) is 30.6 Å². The molecule has 0 bridgehead atoms. The van der Waals surface area contributed by atoms with Crippen molar-refractivity contribution in [3.8, 4) is 0 Å². The lowest BCUT2D eigenvalue weighted by Crippen LogP contribution is -2.49. The maximum Gasteiger partial charge on any atom is 0.122 e. The fraction of sp³-hybridized carbons (Fsp3) is 0.636. The number of hydrogen-bond donors (Lipinski definition) is 1. The minimum absolute atomic E-state index is 0.464. The number of piperazine rings is 1. The first-order valence-corrected chi connectivity index (χ1v) is 5.45. The third-order valence-electron chi connectivity index (χ3n) is 3.41. The fourth-order valence-electron chi connectivity index (χ4n) is 2.74. The third kappa shape index (κ3) is 1.28. The maximum atomic E-state index is 5.50. The summed E-state index contributed by atoms with van der Waals surface area (Å²) in [6, 6.07) is 5.27. The van der Waals surface area contributed by atoms with E-state index in [4.69, 9.17) is 4.42 Å². The van der Waals surface area contributed by atoms with Gasteiger partial charge in [-0.25, -0.2) is 0 Å². The van der Waals surface area contributed by atoms with Crippen molar-refractivity contribution in [3.05, 3.63) is 24.2 Å². The summed E-state index contributed by atoms with van der Waals surface area (Å²) in [5.41, 5.74) is 0. The van der Waals surface area contributed by atoms with Crippen molar-refractivity contribution in [1.82, 2.24) is 10.2 Å². The molecule has 2 aliphatic heterocycles. The van der Waals surface area contributed by atoms with E-state index < -0.39 is 0 Å². The number of nitrogens with one attached hydrogen (secondary N) is 1. The molecule has 14 heavy (non-hydrogen) atoms. The first-order chi connectivity index (χ1) is 6.95. The quantitative estimate of drug-likeness (QED) is 0.729. The molecule has 2 fully saturated rings. The zero-order valence-corrected chi connectivity index (χ0v) is 8.28. The van der Waals surface area contributed by atoms with Crippen LogP contribution in [0.1, 0.15) is 24.6 Å². The number of fused-ring (bicyclic) bond motifs is 1. The van der Waals surface area contributed by atoms with E-state index in [1.54, 1.807) is 6.26 Å². The molecular formula is C11H16N2O. The van der Waals surface area contributed by atoms with Crippen molar-refractivity contribution in [1.29, 1.82) is 0 Å². The lowest BCUT2D eigenvalue weighted by atomic mass is 10.1. The molecule has 1 aromatic heterocycles. The molecule has 0 spiro atoms. The normalized spacial score (nSPS) is 33.1. The summed E-state index contributed by atoms with van der Waals surface area (Å²) in [7, 11) is 0. The Balaban J connectivity index is 1.84. The van der Waals surface area contributed by atoms with Gasteiger partial charge in [0.15, 0.2) is 0 Å². The van der Waals surface area contributed by atoms with E-state index in [0.29, 0.717) is 6.04 Å². The summed E-state index contributed by atoms with van der Waals surface area (Å²) >= 11 is 0. The summed E-state index contributed by atoms with van der Waals surface area (Å²) < 4.78 is 5.50. The summed E-state index contributed by atoms with van der Waals surface area (Å²) in [6.07, 6.45) is 4.45. The molecule has 1 unspecified atom stereocenters. The second kappa shape index (κ2) is 3.41. The Bertz CT molecular complexity index is 296. The predicted molar refractivity (Wildman–Crippen MR) is 54.0 cm³/mol. The highest BCUT2D eigenvalue weighted by molar-refractivity contribution is 5.08. The van der Waals surface area contributed by atoms with Crippen molar-refractivity contribution >= 4 is 0 Å². The topological polar surface area (TPSA) is 28.4 Å². The maximum absolute atomic E-state index is 5.50. The summed E-state index contributed by atoms with van der Waals surface area (Å²) in [4.78, 5) is 2.59. The highest BCUT2D eigenvalue weighted by Crippen LogP contribution is 2.31. The molecule has 3 heteroatoms. The van der Waals surface area contributed by atoms with Gasteiger partial charge in [0.1, 0.15) is 5.76 Å². The van der Waals surface area contributed by atoms with Crippen LogP contribution in [0.3, 0.4) is 0 Å². The van der Waals surface area contributed by atoms with E-state index in [1.807, 2.05) is 6.07 Å². The molecule has 0 aromatic carbocycles. The average Bonchev–Trinajstić information content (AvgIpc) is 2.88. The lowest BCUT2D eigenvalue weighted by molar-refractivity contribution is 0.121. The van der Waals surface area contributed by atoms with Gasteiger partial charge in [-0.1, -0.05) is 0 Å². The van der Waals surface area contributed by atoms with Crippen LogP contribution in [-0.2, 0) is 0 Å². The molecule has 1 N–H and O–H groups in total. The van der Waals surface area contributed by atoms with Gasteiger partial charge in [-0.3, -0.25) is 4.90 Å². The fourth-order valence-corrected chi connectivity index (χ4v) is 2.74. The molecule has 0 amide bonds. The molecule has 3 nitrogen and oxygen atoms in total. The monoisotopic (exact) mass is 192 g/mol. The van der Waals surface area contributed by atoms with Crippen LogP contribution in [0.4, 0.5) is 0 Å². The zero-order chi connectivity index (χ0) is 9.38. The van der Waals surface area contributed by atoms with E-state index in [2.05, 4.69) is 16.3 Å². The van der Waals surface area contributed by atoms with Gasteiger partial charge < -0.3 is 9.73 Å². The van der Waals surface area contributed by atoms with Gasteiger partial charge in [0.2, 0.25) is 0 Å². The Hall–Kier alpha value is -0.800. The molecule has 3 heterocycles. The van der Waals surface area contributed by atoms with Crippen LogP contribution in [0.2, 0.25) is 0 Å². The van der Waals surface area contributed by atoms with Crippen molar-refractivity contribution < 1.29 is 4.42 Å². The molecule has 1 aromatic rings. The van der Waals surface area contributed by atoms with Crippen LogP contribution in [0.5, 0.6) is 0 Å². The van der Waals surface area contributed by atoms with Gasteiger partial charge in [-0.05, 0) is 31.5 Å². The summed E-state index contributed by atoms with van der Waals surface area (Å²) in [6.45, 7) is 3.42. The minimum atomic E-state index is 0.464. The second-order valence-electron chi connectivity index (χ2n) is 4.22. The smallest absolute Gasteiger partial charge is 0.122 e. The standard InChI is InChI=1S/C11H16N2O/c1-3-9-7-12-8-10(13(9)5-1)11-4-2-6-14-11/h2,4,6,9-10,12H,1,3,5,7-8H2/t9-,10?/m1/s1. The zero-order valence-electron chi connectivity index (χ0n) is 8.28. The summed E-state index contributed by atoms with van der Waals surface area (Å²) in [5, 5.41) is 3.49. The molecule has 0 aliphatic carbocycles. The Morgan fingerprint density at radius 3 is 3.29 bits per heavy atom. The molecule has 76 valence electrons. The molecule has 0 saturated carbocycles. The van der Waals surface area contributed by atoms with Crippen LogP contribution < -0.4 is 5.32 Å². The Morgan fingerprint density at radius 1 is 1.43 bits per heavy atom. The highest BCUT2D eigenvalue weighted by Gasteiger charge is 2.35. The molecule has 0 radical (unpaired) electrons. The average molecular weight is 192 g/mol. The van der Waals surface area contributed by atoms with Crippen LogP contribution in [0.15, 0.2) is 22.8 Å². The van der Waals surface area contributed by atoms with Gasteiger partial charge >= 0.3 is 0 Å². The summed E-state index contributed by atoms with van der Waals surface area (Å²) in [5.74, 6) is 1.11. The molecule has 2 atom stereocenters. The second-order valence-corrected chi connectivity index (χ2v) is 4.22.